The van der Waals surface area contributed by atoms with E-state index in [0.717, 1.165) is 0 Å². The van der Waals surface area contributed by atoms with Crippen molar-refractivity contribution >= 4 is 29.3 Å². The van der Waals surface area contributed by atoms with Gasteiger partial charge in [0.2, 0.25) is 5.91 Å². The van der Waals surface area contributed by atoms with Gasteiger partial charge in [0.15, 0.2) is 11.7 Å². The van der Waals surface area contributed by atoms with E-state index in [1.54, 1.807) is 19.1 Å². The first kappa shape index (κ1) is 27.0. The maximum absolute atomic E-state index is 13.4. The highest BCUT2D eigenvalue weighted by molar-refractivity contribution is 6.32. The number of aromatic nitrogens is 1. The molecule has 3 atom stereocenters. The Hall–Kier alpha value is -3.05. The molecular formula is C25H25ClF4N4O3. The number of pyridine rings is 1. The molecule has 2 aromatic rings. The minimum Gasteiger partial charge on any atom is -0.378 e. The number of ether oxygens (including phenoxy) is 1. The van der Waals surface area contributed by atoms with Crippen LogP contribution in [0.4, 0.5) is 17.6 Å². The highest BCUT2D eigenvalue weighted by Crippen LogP contribution is 2.40. The molecule has 1 amide bonds. The van der Waals surface area contributed by atoms with Gasteiger partial charge in [-0.3, -0.25) is 14.5 Å². The van der Waals surface area contributed by atoms with Crippen LogP contribution in [0.5, 0.6) is 0 Å². The van der Waals surface area contributed by atoms with Gasteiger partial charge in [0.25, 0.3) is 0 Å². The monoisotopic (exact) mass is 540 g/mol. The number of alkyl halides is 3. The van der Waals surface area contributed by atoms with E-state index in [2.05, 4.69) is 9.98 Å². The molecule has 2 aliphatic heterocycles. The largest absolute Gasteiger partial charge is 0.418 e. The fourth-order valence-electron chi connectivity index (χ4n) is 4.88. The summed E-state index contributed by atoms with van der Waals surface area (Å²) in [6, 6.07) is 4.77. The van der Waals surface area contributed by atoms with Crippen LogP contribution in [-0.4, -0.2) is 46.3 Å². The van der Waals surface area contributed by atoms with Crippen LogP contribution in [0.25, 0.3) is 0 Å². The summed E-state index contributed by atoms with van der Waals surface area (Å²) in [5, 5.41) is 0.0755. The number of aliphatic imine (C=N–C) groups is 1. The van der Waals surface area contributed by atoms with E-state index in [1.165, 1.54) is 11.0 Å². The lowest BCUT2D eigenvalue weighted by atomic mass is 9.85. The van der Waals surface area contributed by atoms with E-state index in [4.69, 9.17) is 22.1 Å². The predicted octanol–water partition coefficient (Wildman–Crippen LogP) is 4.65. The Morgan fingerprint density at radius 1 is 1.35 bits per heavy atom. The Kier molecular flexibility index (Phi) is 7.31. The number of hydrogen-bond acceptors (Lipinski definition) is 6. The Labute approximate surface area is 215 Å². The lowest BCUT2D eigenvalue weighted by Gasteiger charge is -2.41. The van der Waals surface area contributed by atoms with Crippen molar-refractivity contribution in [2.45, 2.75) is 63.4 Å². The number of carbonyl (C=O) groups is 2. The summed E-state index contributed by atoms with van der Waals surface area (Å²) < 4.78 is 59.1. The molecule has 0 unspecified atom stereocenters. The number of halogens is 5. The van der Waals surface area contributed by atoms with Crippen molar-refractivity contribution in [3.8, 4) is 0 Å². The van der Waals surface area contributed by atoms with Crippen molar-refractivity contribution in [3.05, 3.63) is 63.7 Å². The normalized spacial score (nSPS) is 24.7. The number of carbonyl (C=O) groups excluding carboxylic acids is 2. The van der Waals surface area contributed by atoms with Gasteiger partial charge in [0.1, 0.15) is 11.5 Å². The van der Waals surface area contributed by atoms with E-state index in [-0.39, 0.29) is 47.1 Å². The number of nitrogens with zero attached hydrogens (tertiary/aromatic N) is 3. The van der Waals surface area contributed by atoms with Crippen LogP contribution in [-0.2, 0) is 27.7 Å². The highest BCUT2D eigenvalue weighted by atomic mass is 35.5. The zero-order chi connectivity index (χ0) is 27.1. The van der Waals surface area contributed by atoms with Crippen molar-refractivity contribution in [1.29, 1.82) is 0 Å². The Morgan fingerprint density at radius 3 is 2.73 bits per heavy atom. The van der Waals surface area contributed by atoms with Crippen LogP contribution < -0.4 is 5.73 Å². The molecule has 2 aliphatic rings. The molecule has 1 saturated heterocycles. The van der Waals surface area contributed by atoms with E-state index in [9.17, 15) is 27.2 Å². The van der Waals surface area contributed by atoms with E-state index < -0.39 is 41.0 Å². The zero-order valence-electron chi connectivity index (χ0n) is 20.1. The van der Waals surface area contributed by atoms with E-state index in [1.807, 2.05) is 6.92 Å². The second-order valence-electron chi connectivity index (χ2n) is 9.47. The van der Waals surface area contributed by atoms with E-state index >= 15 is 0 Å². The molecule has 1 fully saturated rings. The van der Waals surface area contributed by atoms with Crippen LogP contribution in [0.3, 0.4) is 0 Å². The maximum Gasteiger partial charge on any atom is 0.418 e. The number of ketones is 1. The smallest absolute Gasteiger partial charge is 0.378 e. The fraction of sp³-hybridized carbons (Fsp3) is 0.440. The summed E-state index contributed by atoms with van der Waals surface area (Å²) in [5.41, 5.74) is 3.34. The average Bonchev–Trinajstić information content (AvgIpc) is 2.79. The lowest BCUT2D eigenvalue weighted by Crippen LogP contribution is -2.56. The van der Waals surface area contributed by atoms with Gasteiger partial charge in [-0.05, 0) is 43.9 Å². The molecule has 1 aromatic carbocycles. The van der Waals surface area contributed by atoms with Gasteiger partial charge in [-0.2, -0.15) is 13.2 Å². The van der Waals surface area contributed by atoms with Gasteiger partial charge >= 0.3 is 6.18 Å². The summed E-state index contributed by atoms with van der Waals surface area (Å²) in [6.07, 6.45) is -3.77. The molecule has 1 aromatic heterocycles. The zero-order valence-corrected chi connectivity index (χ0v) is 20.9. The highest BCUT2D eigenvalue weighted by Gasteiger charge is 2.42. The number of benzene rings is 1. The van der Waals surface area contributed by atoms with Crippen LogP contribution in [0.1, 0.15) is 60.3 Å². The lowest BCUT2D eigenvalue weighted by molar-refractivity contribution is -0.138. The second-order valence-corrected chi connectivity index (χ2v) is 9.85. The van der Waals surface area contributed by atoms with Gasteiger partial charge in [0, 0.05) is 24.1 Å². The topological polar surface area (TPSA) is 97.9 Å². The average molecular weight is 541 g/mol. The van der Waals surface area contributed by atoms with E-state index in [0.29, 0.717) is 31.2 Å². The third-order valence-corrected chi connectivity index (χ3v) is 7.07. The molecule has 0 bridgehead atoms. The minimum absolute atomic E-state index is 0.0233. The Morgan fingerprint density at radius 2 is 2.08 bits per heavy atom. The number of amides is 1. The molecule has 7 nitrogen and oxygen atoms in total. The molecule has 0 aliphatic carbocycles. The summed E-state index contributed by atoms with van der Waals surface area (Å²) >= 11 is 6.61. The van der Waals surface area contributed by atoms with Gasteiger partial charge in [-0.1, -0.05) is 29.8 Å². The van der Waals surface area contributed by atoms with Crippen LogP contribution in [0.2, 0.25) is 5.02 Å². The van der Waals surface area contributed by atoms with Crippen molar-refractivity contribution in [2.24, 2.45) is 10.7 Å². The first-order valence-corrected chi connectivity index (χ1v) is 12.0. The van der Waals surface area contributed by atoms with Crippen molar-refractivity contribution in [1.82, 2.24) is 9.88 Å². The van der Waals surface area contributed by atoms with Crippen molar-refractivity contribution in [3.63, 3.8) is 0 Å². The summed E-state index contributed by atoms with van der Waals surface area (Å²) in [6.45, 7) is 4.10. The summed E-state index contributed by atoms with van der Waals surface area (Å²) in [5.74, 6) is -2.39. The molecule has 0 spiro atoms. The molecule has 12 heteroatoms. The van der Waals surface area contributed by atoms with Gasteiger partial charge in [0.05, 0.1) is 29.8 Å². The molecule has 3 heterocycles. The number of hydrogen-bond donors (Lipinski definition) is 1. The van der Waals surface area contributed by atoms with Crippen LogP contribution >= 0.6 is 11.6 Å². The SMILES string of the molecule is C[C@@H]1C[C@H](N2C(=O)C[C@@](C)(c3cccc(CC(=O)c4ncc(F)cc4C(F)(F)F)c3Cl)N=C2N)CCO1. The molecule has 4 rings (SSSR count). The van der Waals surface area contributed by atoms with Crippen LogP contribution in [0.15, 0.2) is 35.5 Å². The summed E-state index contributed by atoms with van der Waals surface area (Å²) in [7, 11) is 0. The molecule has 0 radical (unpaired) electrons. The van der Waals surface area contributed by atoms with Crippen LogP contribution in [0, 0.1) is 5.82 Å². The number of rotatable bonds is 5. The maximum atomic E-state index is 13.4. The quantitative estimate of drug-likeness (QED) is 0.440. The number of guanidine groups is 1. The third-order valence-electron chi connectivity index (χ3n) is 6.63. The molecule has 2 N–H and O–H groups in total. The van der Waals surface area contributed by atoms with Gasteiger partial charge < -0.3 is 10.5 Å². The minimum atomic E-state index is -4.97. The first-order valence-electron chi connectivity index (χ1n) is 11.6. The molecule has 37 heavy (non-hydrogen) atoms. The molecular weight excluding hydrogens is 516 g/mol. The predicted molar refractivity (Wildman–Crippen MR) is 128 cm³/mol. The fourth-order valence-corrected chi connectivity index (χ4v) is 5.27. The third kappa shape index (κ3) is 5.47. The number of nitrogens with two attached hydrogens (primary N) is 1. The molecule has 0 saturated carbocycles. The standard InChI is InChI=1S/C25H25ClF4N4O3/c1-13-8-16(6-7-37-13)34-20(36)11-24(2,33-23(34)31)17-5-3-4-14(21(17)26)9-19(35)22-18(25(28,29)30)10-15(27)12-32-22/h3-5,10,12-13,16H,6-9,11H2,1-2H3,(H2,31,33)/t13-,16-,24+/m1/s1. The Bertz CT molecular complexity index is 1270. The Balaban J connectivity index is 1.64. The second kappa shape index (κ2) is 10.0. The summed E-state index contributed by atoms with van der Waals surface area (Å²) in [4.78, 5) is 35.5. The molecule has 198 valence electrons. The van der Waals surface area contributed by atoms with Gasteiger partial charge in [-0.25, -0.2) is 14.4 Å². The van der Waals surface area contributed by atoms with Crippen molar-refractivity contribution in [2.75, 3.05) is 6.61 Å². The first-order chi connectivity index (χ1) is 17.3. The van der Waals surface area contributed by atoms with Gasteiger partial charge in [-0.15, -0.1) is 0 Å². The number of Topliss-reactive ketones (excluding diaryl/α,β-unsaturated/α-hetero) is 1. The van der Waals surface area contributed by atoms with Crippen molar-refractivity contribution < 1.29 is 31.9 Å².